The highest BCUT2D eigenvalue weighted by Gasteiger charge is 2.56. The second kappa shape index (κ2) is 6.72. The van der Waals surface area contributed by atoms with Crippen molar-refractivity contribution in [3.05, 3.63) is 36.5 Å². The first-order chi connectivity index (χ1) is 13.6. The van der Waals surface area contributed by atoms with Gasteiger partial charge in [-0.25, -0.2) is 4.98 Å². The van der Waals surface area contributed by atoms with E-state index in [0.29, 0.717) is 26.2 Å². The third kappa shape index (κ3) is 2.72. The highest BCUT2D eigenvalue weighted by molar-refractivity contribution is 6.08. The Bertz CT molecular complexity index is 799. The van der Waals surface area contributed by atoms with Crippen LogP contribution < -0.4 is 4.90 Å². The van der Waals surface area contributed by atoms with Crippen molar-refractivity contribution in [2.24, 2.45) is 23.7 Å². The Kier molecular flexibility index (Phi) is 4.18. The number of allylic oxidation sites excluding steroid dienone is 2. The normalized spacial score (nSPS) is 31.5. The number of rotatable bonds is 3. The zero-order valence-corrected chi connectivity index (χ0v) is 15.7. The van der Waals surface area contributed by atoms with Gasteiger partial charge < -0.3 is 9.80 Å². The number of carbonyl (C=O) groups is 3. The van der Waals surface area contributed by atoms with E-state index in [4.69, 9.17) is 0 Å². The average molecular weight is 380 g/mol. The largest absolute Gasteiger partial charge is 0.353 e. The standard InChI is InChI=1S/C21H24N4O3/c26-17(24-11-9-23(10-12-24)16-3-1-2-8-22-16)13-25-20(27)18-14-4-5-15(7-6-14)19(18)21(25)28/h1-5,8,14-15,18-19H,6-7,9-13H2/t14-,15-,18-,19+/m0/s1. The van der Waals surface area contributed by atoms with E-state index in [1.807, 2.05) is 18.2 Å². The Morgan fingerprint density at radius 2 is 1.61 bits per heavy atom. The summed E-state index contributed by atoms with van der Waals surface area (Å²) in [6.45, 7) is 2.43. The number of aromatic nitrogens is 1. The van der Waals surface area contributed by atoms with E-state index in [1.54, 1.807) is 11.1 Å². The smallest absolute Gasteiger partial charge is 0.242 e. The first-order valence-corrected chi connectivity index (χ1v) is 10.1. The Labute approximate surface area is 164 Å². The van der Waals surface area contributed by atoms with Crippen LogP contribution in [0.1, 0.15) is 12.8 Å². The van der Waals surface area contributed by atoms with Gasteiger partial charge in [0.25, 0.3) is 0 Å². The molecule has 0 aromatic carbocycles. The van der Waals surface area contributed by atoms with Crippen LogP contribution >= 0.6 is 0 Å². The Hall–Kier alpha value is -2.70. The van der Waals surface area contributed by atoms with E-state index < -0.39 is 0 Å². The fourth-order valence-corrected chi connectivity index (χ4v) is 5.25. The van der Waals surface area contributed by atoms with E-state index in [0.717, 1.165) is 18.7 Å². The van der Waals surface area contributed by atoms with Crippen LogP contribution in [0, 0.1) is 23.7 Å². The molecule has 146 valence electrons. The van der Waals surface area contributed by atoms with E-state index in [1.165, 1.54) is 4.90 Å². The summed E-state index contributed by atoms with van der Waals surface area (Å²) < 4.78 is 0. The van der Waals surface area contributed by atoms with Crippen molar-refractivity contribution in [1.82, 2.24) is 14.8 Å². The van der Waals surface area contributed by atoms with Gasteiger partial charge in [-0.1, -0.05) is 18.2 Å². The van der Waals surface area contributed by atoms with Gasteiger partial charge in [0.05, 0.1) is 11.8 Å². The molecule has 1 aromatic rings. The van der Waals surface area contributed by atoms with Crippen molar-refractivity contribution < 1.29 is 14.4 Å². The molecule has 3 heterocycles. The van der Waals surface area contributed by atoms with Gasteiger partial charge in [0.15, 0.2) is 0 Å². The molecule has 7 nitrogen and oxygen atoms in total. The minimum atomic E-state index is -0.245. The van der Waals surface area contributed by atoms with Gasteiger partial charge >= 0.3 is 0 Å². The number of carbonyl (C=O) groups excluding carboxylic acids is 3. The molecule has 5 aliphatic rings. The highest BCUT2D eigenvalue weighted by Crippen LogP contribution is 2.49. The molecule has 0 radical (unpaired) electrons. The van der Waals surface area contributed by atoms with Gasteiger partial charge in [-0.2, -0.15) is 0 Å². The first kappa shape index (κ1) is 17.4. The van der Waals surface area contributed by atoms with Crippen molar-refractivity contribution in [2.75, 3.05) is 37.6 Å². The van der Waals surface area contributed by atoms with Crippen LogP contribution in [-0.4, -0.2) is 65.2 Å². The molecule has 0 spiro atoms. The molecule has 1 saturated carbocycles. The third-order valence-electron chi connectivity index (χ3n) is 6.75. The number of anilines is 1. The van der Waals surface area contributed by atoms with Crippen molar-refractivity contribution in [3.63, 3.8) is 0 Å². The summed E-state index contributed by atoms with van der Waals surface area (Å²) in [5.41, 5.74) is 0. The number of fused-ring (bicyclic) bond motifs is 1. The summed E-state index contributed by atoms with van der Waals surface area (Å²) in [5, 5.41) is 0. The lowest BCUT2D eigenvalue weighted by Gasteiger charge is -2.38. The summed E-state index contributed by atoms with van der Waals surface area (Å²) in [6, 6.07) is 5.79. The molecule has 3 aliphatic carbocycles. The topological polar surface area (TPSA) is 73.8 Å². The SMILES string of the molecule is O=C(CN1C(=O)[C@@H]2[C@H](C1=O)[C@H]1C=C[C@H]2CC1)N1CCN(c2ccccn2)CC1. The summed E-state index contributed by atoms with van der Waals surface area (Å²) in [4.78, 5) is 48.1. The van der Waals surface area contributed by atoms with Crippen LogP contribution in [0.3, 0.4) is 0 Å². The lowest BCUT2D eigenvalue weighted by molar-refractivity contribution is -0.146. The van der Waals surface area contributed by atoms with Gasteiger partial charge in [0.2, 0.25) is 17.7 Å². The van der Waals surface area contributed by atoms with Gasteiger partial charge in [-0.15, -0.1) is 0 Å². The van der Waals surface area contributed by atoms with E-state index in [9.17, 15) is 14.4 Å². The monoisotopic (exact) mass is 380 g/mol. The molecule has 6 rings (SSSR count). The number of likely N-dealkylation sites (tertiary alicyclic amines) is 1. The van der Waals surface area contributed by atoms with Crippen LogP contribution in [0.2, 0.25) is 0 Å². The molecular weight excluding hydrogens is 356 g/mol. The van der Waals surface area contributed by atoms with Gasteiger partial charge in [0.1, 0.15) is 12.4 Å². The third-order valence-corrected chi connectivity index (χ3v) is 6.75. The second-order valence-electron chi connectivity index (χ2n) is 8.16. The Balaban J connectivity index is 1.22. The van der Waals surface area contributed by atoms with E-state index in [2.05, 4.69) is 22.0 Å². The van der Waals surface area contributed by atoms with Gasteiger partial charge in [-0.3, -0.25) is 19.3 Å². The zero-order valence-electron chi connectivity index (χ0n) is 15.7. The molecule has 0 N–H and O–H groups in total. The number of piperazine rings is 1. The second-order valence-corrected chi connectivity index (χ2v) is 8.16. The van der Waals surface area contributed by atoms with E-state index >= 15 is 0 Å². The van der Waals surface area contributed by atoms with Crippen molar-refractivity contribution in [3.8, 4) is 0 Å². The average Bonchev–Trinajstić information content (AvgIpc) is 3.02. The molecule has 0 unspecified atom stereocenters. The van der Waals surface area contributed by atoms with Crippen LogP contribution in [-0.2, 0) is 14.4 Å². The number of imide groups is 1. The van der Waals surface area contributed by atoms with Crippen LogP contribution in [0.5, 0.6) is 0 Å². The summed E-state index contributed by atoms with van der Waals surface area (Å²) in [6.07, 6.45) is 7.90. The molecule has 1 aromatic heterocycles. The zero-order chi connectivity index (χ0) is 19.3. The highest BCUT2D eigenvalue weighted by atomic mass is 16.2. The molecule has 28 heavy (non-hydrogen) atoms. The lowest BCUT2D eigenvalue weighted by atomic mass is 9.63. The quantitative estimate of drug-likeness (QED) is 0.576. The maximum absolute atomic E-state index is 12.9. The molecule has 3 fully saturated rings. The Morgan fingerprint density at radius 1 is 0.964 bits per heavy atom. The van der Waals surface area contributed by atoms with Gasteiger partial charge in [0, 0.05) is 32.4 Å². The number of nitrogens with zero attached hydrogens (tertiary/aromatic N) is 4. The number of hydrogen-bond acceptors (Lipinski definition) is 5. The Morgan fingerprint density at radius 3 is 2.14 bits per heavy atom. The maximum Gasteiger partial charge on any atom is 0.242 e. The predicted molar refractivity (Wildman–Crippen MR) is 102 cm³/mol. The fraction of sp³-hybridized carbons (Fsp3) is 0.524. The van der Waals surface area contributed by atoms with Crippen LogP contribution in [0.4, 0.5) is 5.82 Å². The fourth-order valence-electron chi connectivity index (χ4n) is 5.25. The van der Waals surface area contributed by atoms with Gasteiger partial charge in [-0.05, 0) is 36.8 Å². The number of amides is 3. The maximum atomic E-state index is 12.9. The molecule has 3 amide bonds. The van der Waals surface area contributed by atoms with E-state index in [-0.39, 0.29) is 47.9 Å². The number of pyridine rings is 1. The number of hydrogen-bond donors (Lipinski definition) is 0. The minimum absolute atomic E-state index is 0.117. The molecule has 2 aliphatic heterocycles. The summed E-state index contributed by atoms with van der Waals surface area (Å²) in [5.74, 6) is 0.314. The molecule has 7 heteroatoms. The first-order valence-electron chi connectivity index (χ1n) is 10.1. The predicted octanol–water partition coefficient (Wildman–Crippen LogP) is 0.927. The molecule has 2 saturated heterocycles. The van der Waals surface area contributed by atoms with Crippen LogP contribution in [0.25, 0.3) is 0 Å². The molecule has 4 atom stereocenters. The molecular formula is C21H24N4O3. The summed E-state index contributed by atoms with van der Waals surface area (Å²) >= 11 is 0. The van der Waals surface area contributed by atoms with Crippen molar-refractivity contribution >= 4 is 23.5 Å². The van der Waals surface area contributed by atoms with Crippen molar-refractivity contribution in [1.29, 1.82) is 0 Å². The molecule has 2 bridgehead atoms. The van der Waals surface area contributed by atoms with Crippen molar-refractivity contribution in [2.45, 2.75) is 12.8 Å². The lowest BCUT2D eigenvalue weighted by Crippen LogP contribution is -2.52. The van der Waals surface area contributed by atoms with Crippen LogP contribution in [0.15, 0.2) is 36.5 Å². The minimum Gasteiger partial charge on any atom is -0.353 e. The summed E-state index contributed by atoms with van der Waals surface area (Å²) in [7, 11) is 0.